The summed E-state index contributed by atoms with van der Waals surface area (Å²) in [4.78, 5) is 16.3. The molecule has 0 unspecified atom stereocenters. The summed E-state index contributed by atoms with van der Waals surface area (Å²) in [5.74, 6) is 0.644. The summed E-state index contributed by atoms with van der Waals surface area (Å²) in [7, 11) is 0. The van der Waals surface area contributed by atoms with Gasteiger partial charge in [0.15, 0.2) is 11.5 Å². The Hall–Kier alpha value is -1.73. The Morgan fingerprint density at radius 2 is 1.95 bits per heavy atom. The van der Waals surface area contributed by atoms with Crippen LogP contribution in [-0.4, -0.2) is 66.2 Å². The maximum atomic E-state index is 12.5. The van der Waals surface area contributed by atoms with Crippen LogP contribution in [0.25, 0.3) is 0 Å². The first-order valence-corrected chi connectivity index (χ1v) is 7.14. The number of morpholine rings is 1. The van der Waals surface area contributed by atoms with Crippen molar-refractivity contribution in [1.29, 1.82) is 0 Å². The van der Waals surface area contributed by atoms with Gasteiger partial charge >= 0.3 is 0 Å². The summed E-state index contributed by atoms with van der Waals surface area (Å²) in [5, 5.41) is 8.26. The van der Waals surface area contributed by atoms with Crippen LogP contribution < -0.4 is 4.90 Å². The third kappa shape index (κ3) is 2.84. The summed E-state index contributed by atoms with van der Waals surface area (Å²) in [6.07, 6.45) is 0. The van der Waals surface area contributed by atoms with Crippen LogP contribution >= 0.6 is 0 Å². The first kappa shape index (κ1) is 14.2. The third-order valence-electron chi connectivity index (χ3n) is 3.86. The van der Waals surface area contributed by atoms with Crippen molar-refractivity contribution >= 4 is 11.7 Å². The number of aromatic nitrogens is 2. The second kappa shape index (κ2) is 5.57. The van der Waals surface area contributed by atoms with Crippen molar-refractivity contribution in [1.82, 2.24) is 15.1 Å². The van der Waals surface area contributed by atoms with Gasteiger partial charge < -0.3 is 19.3 Å². The topological polar surface area (TPSA) is 67.8 Å². The van der Waals surface area contributed by atoms with E-state index >= 15 is 0 Å². The maximum absolute atomic E-state index is 12.5. The fourth-order valence-electron chi connectivity index (χ4n) is 2.51. The fraction of sp³-hybridized carbons (Fsp3) is 0.643. The lowest BCUT2D eigenvalue weighted by Gasteiger charge is -2.29. The van der Waals surface area contributed by atoms with E-state index in [4.69, 9.17) is 9.47 Å². The molecule has 3 rings (SSSR count). The van der Waals surface area contributed by atoms with Crippen LogP contribution in [-0.2, 0) is 9.47 Å². The van der Waals surface area contributed by atoms with Gasteiger partial charge in [0, 0.05) is 13.1 Å². The van der Waals surface area contributed by atoms with Crippen molar-refractivity contribution in [2.75, 3.05) is 44.5 Å². The van der Waals surface area contributed by atoms with Crippen LogP contribution in [0.2, 0.25) is 0 Å². The van der Waals surface area contributed by atoms with E-state index < -0.39 is 0 Å². The zero-order valence-electron chi connectivity index (χ0n) is 12.4. The van der Waals surface area contributed by atoms with E-state index in [0.29, 0.717) is 32.2 Å². The quantitative estimate of drug-likeness (QED) is 0.792. The normalized spacial score (nSPS) is 21.6. The Morgan fingerprint density at radius 3 is 2.52 bits per heavy atom. The van der Waals surface area contributed by atoms with Gasteiger partial charge in [-0.3, -0.25) is 4.79 Å². The maximum Gasteiger partial charge on any atom is 0.276 e. The van der Waals surface area contributed by atoms with Crippen molar-refractivity contribution in [2.24, 2.45) is 0 Å². The number of amides is 1. The molecule has 0 aromatic carbocycles. The Kier molecular flexibility index (Phi) is 3.77. The average Bonchev–Trinajstić information content (AvgIpc) is 2.87. The van der Waals surface area contributed by atoms with Crippen LogP contribution in [0.1, 0.15) is 24.3 Å². The SMILES string of the molecule is CC1(C)COCN1C(=O)c1ccc(N2CCOCC2)nn1. The molecule has 2 aliphatic heterocycles. The highest BCUT2D eigenvalue weighted by Gasteiger charge is 2.37. The molecule has 0 N–H and O–H groups in total. The highest BCUT2D eigenvalue weighted by molar-refractivity contribution is 5.92. The van der Waals surface area contributed by atoms with Gasteiger partial charge in [-0.2, -0.15) is 0 Å². The molecule has 0 saturated carbocycles. The van der Waals surface area contributed by atoms with Crippen LogP contribution in [0, 0.1) is 0 Å². The largest absolute Gasteiger partial charge is 0.378 e. The predicted molar refractivity (Wildman–Crippen MR) is 76.1 cm³/mol. The lowest BCUT2D eigenvalue weighted by atomic mass is 10.1. The van der Waals surface area contributed by atoms with Gasteiger partial charge in [0.05, 0.1) is 25.4 Å². The van der Waals surface area contributed by atoms with Crippen LogP contribution in [0.3, 0.4) is 0 Å². The Labute approximate surface area is 123 Å². The lowest BCUT2D eigenvalue weighted by molar-refractivity contribution is 0.0598. The molecule has 1 aromatic rings. The van der Waals surface area contributed by atoms with E-state index in [2.05, 4.69) is 15.1 Å². The summed E-state index contributed by atoms with van der Waals surface area (Å²) in [5.41, 5.74) is 0.0485. The van der Waals surface area contributed by atoms with Crippen molar-refractivity contribution in [3.63, 3.8) is 0 Å². The molecular weight excluding hydrogens is 272 g/mol. The van der Waals surface area contributed by atoms with E-state index in [1.54, 1.807) is 11.0 Å². The fourth-order valence-corrected chi connectivity index (χ4v) is 2.51. The van der Waals surface area contributed by atoms with E-state index in [9.17, 15) is 4.79 Å². The van der Waals surface area contributed by atoms with Gasteiger partial charge in [0.25, 0.3) is 5.91 Å². The van der Waals surface area contributed by atoms with E-state index in [-0.39, 0.29) is 11.4 Å². The molecular formula is C14H20N4O3. The molecule has 2 fully saturated rings. The molecule has 1 amide bonds. The number of nitrogens with zero attached hydrogens (tertiary/aromatic N) is 4. The standard InChI is InChI=1S/C14H20N4O3/c1-14(2)9-21-10-18(14)13(19)11-3-4-12(16-15-11)17-5-7-20-8-6-17/h3-4H,5-10H2,1-2H3. The number of carbonyl (C=O) groups excluding carboxylic acids is 1. The van der Waals surface area contributed by atoms with Crippen LogP contribution in [0.4, 0.5) is 5.82 Å². The zero-order valence-corrected chi connectivity index (χ0v) is 12.4. The molecule has 0 radical (unpaired) electrons. The minimum absolute atomic E-state index is 0.140. The Morgan fingerprint density at radius 1 is 1.19 bits per heavy atom. The molecule has 114 valence electrons. The monoisotopic (exact) mass is 292 g/mol. The van der Waals surface area contributed by atoms with Crippen molar-refractivity contribution in [3.8, 4) is 0 Å². The number of rotatable bonds is 2. The van der Waals surface area contributed by atoms with Gasteiger partial charge in [-0.1, -0.05) is 0 Å². The molecule has 3 heterocycles. The van der Waals surface area contributed by atoms with E-state index in [0.717, 1.165) is 18.9 Å². The number of carbonyl (C=O) groups is 1. The second-order valence-corrected chi connectivity index (χ2v) is 5.90. The minimum Gasteiger partial charge on any atom is -0.378 e. The molecule has 0 atom stereocenters. The first-order chi connectivity index (χ1) is 10.1. The Bertz CT molecular complexity index is 511. The van der Waals surface area contributed by atoms with Crippen LogP contribution in [0.5, 0.6) is 0 Å². The van der Waals surface area contributed by atoms with Crippen molar-refractivity contribution in [2.45, 2.75) is 19.4 Å². The summed E-state index contributed by atoms with van der Waals surface area (Å²) in [6.45, 7) is 7.80. The van der Waals surface area contributed by atoms with Gasteiger partial charge in [0.2, 0.25) is 0 Å². The second-order valence-electron chi connectivity index (χ2n) is 5.90. The van der Waals surface area contributed by atoms with Gasteiger partial charge in [-0.25, -0.2) is 0 Å². The smallest absolute Gasteiger partial charge is 0.276 e. The van der Waals surface area contributed by atoms with E-state index in [1.165, 1.54) is 0 Å². The predicted octanol–water partition coefficient (Wildman–Crippen LogP) is 0.522. The molecule has 7 heteroatoms. The third-order valence-corrected chi connectivity index (χ3v) is 3.86. The first-order valence-electron chi connectivity index (χ1n) is 7.14. The van der Waals surface area contributed by atoms with Gasteiger partial charge in [0.1, 0.15) is 6.73 Å². The van der Waals surface area contributed by atoms with Crippen LogP contribution in [0.15, 0.2) is 12.1 Å². The summed E-state index contributed by atoms with van der Waals surface area (Å²) in [6, 6.07) is 3.57. The molecule has 1 aromatic heterocycles. The molecule has 0 bridgehead atoms. The van der Waals surface area contributed by atoms with Crippen molar-refractivity contribution in [3.05, 3.63) is 17.8 Å². The number of hydrogen-bond acceptors (Lipinski definition) is 6. The lowest BCUT2D eigenvalue weighted by Crippen LogP contribution is -2.44. The van der Waals surface area contributed by atoms with Crippen molar-refractivity contribution < 1.29 is 14.3 Å². The number of hydrogen-bond donors (Lipinski definition) is 0. The van der Waals surface area contributed by atoms with Gasteiger partial charge in [-0.15, -0.1) is 10.2 Å². The highest BCUT2D eigenvalue weighted by Crippen LogP contribution is 2.23. The summed E-state index contributed by atoms with van der Waals surface area (Å²) < 4.78 is 10.7. The summed E-state index contributed by atoms with van der Waals surface area (Å²) >= 11 is 0. The zero-order chi connectivity index (χ0) is 14.9. The highest BCUT2D eigenvalue weighted by atomic mass is 16.5. The van der Waals surface area contributed by atoms with Gasteiger partial charge in [-0.05, 0) is 26.0 Å². The molecule has 0 aliphatic carbocycles. The Balaban J connectivity index is 1.73. The number of ether oxygens (including phenoxy) is 2. The molecule has 7 nitrogen and oxygen atoms in total. The molecule has 21 heavy (non-hydrogen) atoms. The van der Waals surface area contributed by atoms with E-state index in [1.807, 2.05) is 19.9 Å². The molecule has 2 aliphatic rings. The minimum atomic E-state index is -0.304. The molecule has 0 spiro atoms. The average molecular weight is 292 g/mol. The number of anilines is 1. The molecule has 2 saturated heterocycles.